The fourth-order valence-corrected chi connectivity index (χ4v) is 8.41. The largest absolute Gasteiger partial charge is 0.330 e. The molecule has 0 bridgehead atoms. The lowest BCUT2D eigenvalue weighted by atomic mass is 10.1. The fourth-order valence-electron chi connectivity index (χ4n) is 8.41. The molecule has 3 nitrogen and oxygen atoms in total. The van der Waals surface area contributed by atoms with Crippen molar-refractivity contribution < 1.29 is 0 Å². The zero-order valence-electron chi connectivity index (χ0n) is 48.9. The lowest BCUT2D eigenvalue weighted by molar-refractivity contribution is 0.579. The summed E-state index contributed by atoms with van der Waals surface area (Å²) in [6.07, 6.45) is 66.0. The first-order chi connectivity index (χ1) is 35.7. The van der Waals surface area contributed by atoms with E-state index in [9.17, 15) is 0 Å². The van der Waals surface area contributed by atoms with Gasteiger partial charge in [0, 0.05) is 38.5 Å². The molecular weight excluding hydrogens is 871 g/mol. The minimum absolute atomic E-state index is 0.843. The van der Waals surface area contributed by atoms with Crippen molar-refractivity contribution in [3.8, 4) is 71.0 Å². The maximum Gasteiger partial charge on any atom is 0.00989 e. The van der Waals surface area contributed by atoms with Crippen molar-refractivity contribution in [2.24, 2.45) is 17.2 Å². The van der Waals surface area contributed by atoms with Crippen LogP contribution in [0.15, 0.2) is 0 Å². The van der Waals surface area contributed by atoms with E-state index in [-0.39, 0.29) is 0 Å². The summed E-state index contributed by atoms with van der Waals surface area (Å²) in [4.78, 5) is 0. The summed E-state index contributed by atoms with van der Waals surface area (Å²) < 4.78 is 0. The molecule has 0 aliphatic heterocycles. The molecule has 0 aromatic rings. The summed E-state index contributed by atoms with van der Waals surface area (Å²) in [7, 11) is 0. The minimum atomic E-state index is 0.843. The van der Waals surface area contributed by atoms with E-state index in [0.29, 0.717) is 0 Å². The highest BCUT2D eigenvalue weighted by Crippen LogP contribution is 2.13. The van der Waals surface area contributed by atoms with Gasteiger partial charge in [-0.3, -0.25) is 0 Å². The Morgan fingerprint density at radius 3 is 0.431 bits per heavy atom. The summed E-state index contributed by atoms with van der Waals surface area (Å²) in [6, 6.07) is 0. The predicted octanol–water partition coefficient (Wildman–Crippen LogP) is 19.8. The Balaban J connectivity index is -0.000000992. The van der Waals surface area contributed by atoms with Gasteiger partial charge < -0.3 is 17.2 Å². The molecule has 0 aliphatic carbocycles. The van der Waals surface area contributed by atoms with Crippen molar-refractivity contribution in [1.82, 2.24) is 0 Å². The van der Waals surface area contributed by atoms with Crippen molar-refractivity contribution in [2.45, 2.75) is 348 Å². The predicted molar refractivity (Wildman–Crippen MR) is 326 cm³/mol. The third-order valence-corrected chi connectivity index (χ3v) is 13.2. The van der Waals surface area contributed by atoms with Gasteiger partial charge in [-0.05, 0) is 113 Å². The molecule has 414 valence electrons. The molecule has 0 saturated carbocycles. The summed E-state index contributed by atoms with van der Waals surface area (Å²) in [5.74, 6) is 37.2. The van der Waals surface area contributed by atoms with Crippen molar-refractivity contribution in [3.63, 3.8) is 0 Å². The SMILES string of the molecule is CCCCCCCCCCC#CC#CCCCCCCCCCN.CCCCCCCCCCC#CC#CCCCCCCCCCN.CCCCCCCCCCC#CC#CCCCCCCCCCN. The summed E-state index contributed by atoms with van der Waals surface area (Å²) in [5, 5.41) is 0. The van der Waals surface area contributed by atoms with Crippen LogP contribution in [0.2, 0.25) is 0 Å². The highest BCUT2D eigenvalue weighted by molar-refractivity contribution is 5.26. The van der Waals surface area contributed by atoms with Gasteiger partial charge in [-0.15, -0.1) is 0 Å². The molecular formula is C69H123N3. The van der Waals surface area contributed by atoms with Crippen LogP contribution in [0.3, 0.4) is 0 Å². The molecule has 6 N–H and O–H groups in total. The van der Waals surface area contributed by atoms with Crippen LogP contribution in [0.25, 0.3) is 0 Å². The van der Waals surface area contributed by atoms with Gasteiger partial charge in [-0.2, -0.15) is 0 Å². The van der Waals surface area contributed by atoms with Crippen molar-refractivity contribution in [2.75, 3.05) is 19.6 Å². The van der Waals surface area contributed by atoms with Crippen LogP contribution in [0.5, 0.6) is 0 Å². The highest BCUT2D eigenvalue weighted by Gasteiger charge is 1.95. The standard InChI is InChI=1S/3C23H41N/c3*1-2-3-4-5-6-7-8-9-10-11-12-13-14-15-16-17-18-19-20-21-22-23-24/h3*2-10,15-24H2,1H3. The van der Waals surface area contributed by atoms with E-state index < -0.39 is 0 Å². The van der Waals surface area contributed by atoms with Gasteiger partial charge in [0.15, 0.2) is 0 Å². The van der Waals surface area contributed by atoms with E-state index in [4.69, 9.17) is 17.2 Å². The third-order valence-electron chi connectivity index (χ3n) is 13.2. The van der Waals surface area contributed by atoms with E-state index in [2.05, 4.69) is 91.8 Å². The molecule has 72 heavy (non-hydrogen) atoms. The van der Waals surface area contributed by atoms with Gasteiger partial charge in [0.1, 0.15) is 0 Å². The van der Waals surface area contributed by atoms with Gasteiger partial charge in [0.05, 0.1) is 0 Å². The summed E-state index contributed by atoms with van der Waals surface area (Å²) >= 11 is 0. The van der Waals surface area contributed by atoms with Gasteiger partial charge in [-0.1, -0.05) is 287 Å². The Morgan fingerprint density at radius 1 is 0.167 bits per heavy atom. The second-order valence-corrected chi connectivity index (χ2v) is 20.5. The van der Waals surface area contributed by atoms with E-state index in [1.807, 2.05) is 0 Å². The second-order valence-electron chi connectivity index (χ2n) is 20.5. The quantitative estimate of drug-likeness (QED) is 0.0420. The van der Waals surface area contributed by atoms with Crippen LogP contribution in [0.1, 0.15) is 348 Å². The number of hydrogen-bond donors (Lipinski definition) is 3. The molecule has 0 unspecified atom stereocenters. The first-order valence-corrected chi connectivity index (χ1v) is 31.7. The van der Waals surface area contributed by atoms with Crippen molar-refractivity contribution in [1.29, 1.82) is 0 Å². The number of nitrogens with two attached hydrogens (primary N) is 3. The minimum Gasteiger partial charge on any atom is -0.330 e. The van der Waals surface area contributed by atoms with Gasteiger partial charge >= 0.3 is 0 Å². The highest BCUT2D eigenvalue weighted by atomic mass is 14.5. The van der Waals surface area contributed by atoms with Crippen LogP contribution in [0, 0.1) is 71.0 Å². The van der Waals surface area contributed by atoms with Crippen LogP contribution < -0.4 is 17.2 Å². The number of unbranched alkanes of at least 4 members (excludes halogenated alkanes) is 45. The molecule has 0 aliphatic rings. The molecule has 0 radical (unpaired) electrons. The van der Waals surface area contributed by atoms with Crippen LogP contribution in [-0.4, -0.2) is 19.6 Å². The molecule has 0 fully saturated rings. The maximum atomic E-state index is 5.48. The van der Waals surface area contributed by atoms with Crippen molar-refractivity contribution in [3.05, 3.63) is 0 Å². The van der Waals surface area contributed by atoms with E-state index >= 15 is 0 Å². The second kappa shape index (κ2) is 77.1. The summed E-state index contributed by atoms with van der Waals surface area (Å²) in [6.45, 7) is 9.34. The van der Waals surface area contributed by atoms with Gasteiger partial charge in [0.2, 0.25) is 0 Å². The zero-order valence-corrected chi connectivity index (χ0v) is 48.9. The molecule has 0 amide bonds. The van der Waals surface area contributed by atoms with E-state index in [0.717, 1.165) is 58.2 Å². The number of hydrogen-bond acceptors (Lipinski definition) is 3. The van der Waals surface area contributed by atoms with Crippen molar-refractivity contribution >= 4 is 0 Å². The van der Waals surface area contributed by atoms with Crippen LogP contribution >= 0.6 is 0 Å². The third kappa shape index (κ3) is 81.3. The molecule has 0 spiro atoms. The maximum absolute atomic E-state index is 5.48. The molecule has 3 heteroatoms. The Morgan fingerprint density at radius 2 is 0.292 bits per heavy atom. The molecule has 0 saturated heterocycles. The molecule has 0 atom stereocenters. The van der Waals surface area contributed by atoms with Gasteiger partial charge in [0.25, 0.3) is 0 Å². The normalized spacial score (nSPS) is 9.92. The average Bonchev–Trinajstić information content (AvgIpc) is 3.39. The molecule has 0 aromatic carbocycles. The topological polar surface area (TPSA) is 78.1 Å². The molecule has 0 aromatic heterocycles. The fraction of sp³-hybridized carbons (Fsp3) is 0.826. The Labute approximate surface area is 454 Å². The zero-order chi connectivity index (χ0) is 52.7. The monoisotopic (exact) mass is 994 g/mol. The lowest BCUT2D eigenvalue weighted by Gasteiger charge is -1.99. The Kier molecular flexibility index (Phi) is 78.7. The number of rotatable bonds is 48. The summed E-state index contributed by atoms with van der Waals surface area (Å²) in [5.41, 5.74) is 16.4. The Hall–Kier alpha value is -2.76. The molecule has 0 heterocycles. The Bertz CT molecular complexity index is 1110. The first kappa shape index (κ1) is 73.5. The van der Waals surface area contributed by atoms with Crippen LogP contribution in [-0.2, 0) is 0 Å². The molecule has 0 rings (SSSR count). The first-order valence-electron chi connectivity index (χ1n) is 31.7. The van der Waals surface area contributed by atoms with E-state index in [1.54, 1.807) is 0 Å². The van der Waals surface area contributed by atoms with E-state index in [1.165, 1.54) is 289 Å². The van der Waals surface area contributed by atoms with Gasteiger partial charge in [-0.25, -0.2) is 0 Å². The van der Waals surface area contributed by atoms with Crippen LogP contribution in [0.4, 0.5) is 0 Å². The lowest BCUT2D eigenvalue weighted by Crippen LogP contribution is -1.97. The average molecular weight is 995 g/mol. The smallest absolute Gasteiger partial charge is 0.00989 e.